The van der Waals surface area contributed by atoms with Crippen molar-refractivity contribution in [3.63, 3.8) is 0 Å². The molecule has 3 saturated heterocycles. The SMILES string of the molecule is CO[C@@H]1[C@H]2O[C@@H]3[C@@H]4[C@H]2[C@H](O)C=C[C@@H]4O[C@]13OC. The maximum Gasteiger partial charge on any atom is 0.225 e. The van der Waals surface area contributed by atoms with Crippen molar-refractivity contribution >= 4 is 0 Å². The summed E-state index contributed by atoms with van der Waals surface area (Å²) in [6.07, 6.45) is 2.69. The number of hydrogen-bond acceptors (Lipinski definition) is 5. The van der Waals surface area contributed by atoms with Crippen molar-refractivity contribution in [3.8, 4) is 0 Å². The predicted molar refractivity (Wildman–Crippen MR) is 56.2 cm³/mol. The van der Waals surface area contributed by atoms with Gasteiger partial charge in [-0.15, -0.1) is 0 Å². The molecule has 1 N–H and O–H groups in total. The van der Waals surface area contributed by atoms with Gasteiger partial charge in [-0.05, 0) is 0 Å². The van der Waals surface area contributed by atoms with Gasteiger partial charge in [0.05, 0.1) is 18.3 Å². The Morgan fingerprint density at radius 2 is 2.06 bits per heavy atom. The summed E-state index contributed by atoms with van der Waals surface area (Å²) in [6, 6.07) is 0. The van der Waals surface area contributed by atoms with Gasteiger partial charge in [0, 0.05) is 26.1 Å². The Morgan fingerprint density at radius 1 is 1.24 bits per heavy atom. The van der Waals surface area contributed by atoms with Crippen molar-refractivity contribution in [3.05, 3.63) is 12.2 Å². The lowest BCUT2D eigenvalue weighted by molar-refractivity contribution is -0.258. The number of fused-ring (bicyclic) bond motifs is 2. The quantitative estimate of drug-likeness (QED) is 0.671. The Kier molecular flexibility index (Phi) is 1.91. The molecule has 3 fully saturated rings. The second kappa shape index (κ2) is 3.10. The van der Waals surface area contributed by atoms with Gasteiger partial charge >= 0.3 is 0 Å². The van der Waals surface area contributed by atoms with Crippen LogP contribution < -0.4 is 0 Å². The van der Waals surface area contributed by atoms with Gasteiger partial charge in [-0.3, -0.25) is 0 Å². The molecule has 2 bridgehead atoms. The Bertz CT molecular complexity index is 383. The summed E-state index contributed by atoms with van der Waals surface area (Å²) in [5.41, 5.74) is 0. The molecule has 8 atom stereocenters. The van der Waals surface area contributed by atoms with Crippen LogP contribution in [-0.2, 0) is 18.9 Å². The van der Waals surface area contributed by atoms with Crippen LogP contribution >= 0.6 is 0 Å². The van der Waals surface area contributed by atoms with Crippen LogP contribution in [0.2, 0.25) is 0 Å². The van der Waals surface area contributed by atoms with Crippen molar-refractivity contribution in [1.29, 1.82) is 0 Å². The van der Waals surface area contributed by atoms with Crippen LogP contribution in [0.1, 0.15) is 0 Å². The molecule has 0 unspecified atom stereocenters. The number of aliphatic hydroxyl groups excluding tert-OH is 1. The third kappa shape index (κ3) is 0.958. The van der Waals surface area contributed by atoms with Crippen LogP contribution in [0.4, 0.5) is 0 Å². The maximum absolute atomic E-state index is 10.1. The summed E-state index contributed by atoms with van der Waals surface area (Å²) >= 11 is 0. The Hall–Kier alpha value is -0.460. The highest BCUT2D eigenvalue weighted by molar-refractivity contribution is 5.26. The lowest BCUT2D eigenvalue weighted by Crippen LogP contribution is -2.56. The molecule has 4 rings (SSSR count). The molecule has 94 valence electrons. The van der Waals surface area contributed by atoms with E-state index in [-0.39, 0.29) is 36.3 Å². The van der Waals surface area contributed by atoms with Crippen molar-refractivity contribution in [1.82, 2.24) is 0 Å². The number of methoxy groups -OCH3 is 2. The van der Waals surface area contributed by atoms with Crippen LogP contribution in [0.25, 0.3) is 0 Å². The molecule has 0 aromatic rings. The van der Waals surface area contributed by atoms with Gasteiger partial charge in [0.2, 0.25) is 5.79 Å². The number of ether oxygens (including phenoxy) is 4. The first-order chi connectivity index (χ1) is 8.23. The van der Waals surface area contributed by atoms with Crippen molar-refractivity contribution < 1.29 is 24.1 Å². The van der Waals surface area contributed by atoms with Gasteiger partial charge in [0.1, 0.15) is 12.2 Å². The molecule has 1 aliphatic carbocycles. The van der Waals surface area contributed by atoms with E-state index in [0.717, 1.165) is 0 Å². The molecule has 3 aliphatic heterocycles. The van der Waals surface area contributed by atoms with E-state index < -0.39 is 11.9 Å². The van der Waals surface area contributed by atoms with Crippen LogP contribution in [0.15, 0.2) is 12.2 Å². The molecule has 0 spiro atoms. The minimum absolute atomic E-state index is 0.0292. The summed E-state index contributed by atoms with van der Waals surface area (Å²) in [5.74, 6) is -0.545. The zero-order chi connectivity index (χ0) is 11.8. The molecule has 5 nitrogen and oxygen atoms in total. The third-order valence-corrected chi connectivity index (χ3v) is 4.73. The Balaban J connectivity index is 1.84. The molecule has 17 heavy (non-hydrogen) atoms. The van der Waals surface area contributed by atoms with Crippen LogP contribution in [0, 0.1) is 11.8 Å². The molecule has 0 amide bonds. The van der Waals surface area contributed by atoms with E-state index in [1.807, 2.05) is 6.08 Å². The lowest BCUT2D eigenvalue weighted by atomic mass is 9.70. The van der Waals surface area contributed by atoms with Crippen LogP contribution in [0.5, 0.6) is 0 Å². The molecule has 0 saturated carbocycles. The molecule has 0 radical (unpaired) electrons. The van der Waals surface area contributed by atoms with Gasteiger partial charge in [0.25, 0.3) is 0 Å². The van der Waals surface area contributed by atoms with Crippen molar-refractivity contribution in [2.45, 2.75) is 36.3 Å². The molecular weight excluding hydrogens is 224 g/mol. The average molecular weight is 240 g/mol. The second-order valence-electron chi connectivity index (χ2n) is 5.22. The van der Waals surface area contributed by atoms with E-state index in [1.54, 1.807) is 20.3 Å². The van der Waals surface area contributed by atoms with Gasteiger partial charge in [-0.2, -0.15) is 0 Å². The molecule has 5 heteroatoms. The van der Waals surface area contributed by atoms with Crippen LogP contribution in [0.3, 0.4) is 0 Å². The minimum atomic E-state index is -0.792. The summed E-state index contributed by atoms with van der Waals surface area (Å²) < 4.78 is 23.1. The fourth-order valence-corrected chi connectivity index (χ4v) is 4.14. The average Bonchev–Trinajstić information content (AvgIpc) is 2.92. The van der Waals surface area contributed by atoms with Crippen molar-refractivity contribution in [2.24, 2.45) is 11.8 Å². The highest BCUT2D eigenvalue weighted by Gasteiger charge is 2.77. The fourth-order valence-electron chi connectivity index (χ4n) is 4.14. The third-order valence-electron chi connectivity index (χ3n) is 4.73. The van der Waals surface area contributed by atoms with E-state index >= 15 is 0 Å². The van der Waals surface area contributed by atoms with E-state index in [1.165, 1.54) is 0 Å². The van der Waals surface area contributed by atoms with E-state index in [9.17, 15) is 5.11 Å². The van der Waals surface area contributed by atoms with E-state index in [0.29, 0.717) is 0 Å². The van der Waals surface area contributed by atoms with Gasteiger partial charge in [0.15, 0.2) is 0 Å². The first kappa shape index (κ1) is 10.5. The number of aliphatic hydroxyl groups is 1. The topological polar surface area (TPSA) is 57.2 Å². The van der Waals surface area contributed by atoms with Crippen LogP contribution in [-0.4, -0.2) is 55.6 Å². The lowest BCUT2D eigenvalue weighted by Gasteiger charge is -2.38. The van der Waals surface area contributed by atoms with E-state index in [4.69, 9.17) is 18.9 Å². The summed E-state index contributed by atoms with van der Waals surface area (Å²) in [7, 11) is 3.26. The van der Waals surface area contributed by atoms with Gasteiger partial charge < -0.3 is 24.1 Å². The highest BCUT2D eigenvalue weighted by Crippen LogP contribution is 2.61. The smallest absolute Gasteiger partial charge is 0.225 e. The first-order valence-electron chi connectivity index (χ1n) is 6.00. The second-order valence-corrected chi connectivity index (χ2v) is 5.22. The maximum atomic E-state index is 10.1. The largest absolute Gasteiger partial charge is 0.389 e. The van der Waals surface area contributed by atoms with Gasteiger partial charge in [-0.25, -0.2) is 0 Å². The number of rotatable bonds is 2. The predicted octanol–water partition coefficient (Wildman–Crippen LogP) is -0.313. The summed E-state index contributed by atoms with van der Waals surface area (Å²) in [6.45, 7) is 0. The van der Waals surface area contributed by atoms with Crippen molar-refractivity contribution in [2.75, 3.05) is 14.2 Å². The molecule has 3 heterocycles. The summed E-state index contributed by atoms with van der Waals surface area (Å²) in [5, 5.41) is 10.1. The Labute approximate surface area is 99.3 Å². The molecular formula is C12H16O5. The molecule has 0 aromatic carbocycles. The normalized spacial score (nSPS) is 62.4. The zero-order valence-corrected chi connectivity index (χ0v) is 9.78. The fraction of sp³-hybridized carbons (Fsp3) is 0.833. The summed E-state index contributed by atoms with van der Waals surface area (Å²) in [4.78, 5) is 0. The standard InChI is InChI=1S/C12H16O5/c1-14-11-9-7-5(13)3-4-6-8(7)10(16-9)12(11,15-2)17-6/h3-11,13H,1-2H3/t5-,6+,7-,8+,9+,10-,11-,12+/m1/s1. The highest BCUT2D eigenvalue weighted by atomic mass is 16.8. The number of hydrogen-bond donors (Lipinski definition) is 1. The first-order valence-corrected chi connectivity index (χ1v) is 6.00. The minimum Gasteiger partial charge on any atom is -0.389 e. The zero-order valence-electron chi connectivity index (χ0n) is 9.78. The van der Waals surface area contributed by atoms with Gasteiger partial charge in [-0.1, -0.05) is 12.2 Å². The Morgan fingerprint density at radius 3 is 2.76 bits per heavy atom. The molecule has 0 aromatic heterocycles. The van der Waals surface area contributed by atoms with E-state index in [2.05, 4.69) is 0 Å². The molecule has 4 aliphatic rings. The monoisotopic (exact) mass is 240 g/mol.